The van der Waals surface area contributed by atoms with Crippen molar-refractivity contribution in [2.75, 3.05) is 5.32 Å². The molecule has 0 aromatic carbocycles. The van der Waals surface area contributed by atoms with Gasteiger partial charge in [0.1, 0.15) is 5.82 Å². The summed E-state index contributed by atoms with van der Waals surface area (Å²) in [5.41, 5.74) is 4.56. The first-order valence-corrected chi connectivity index (χ1v) is 5.77. The first-order valence-electron chi connectivity index (χ1n) is 5.77. The van der Waals surface area contributed by atoms with Crippen molar-refractivity contribution >= 4 is 11.8 Å². The molecule has 3 N–H and O–H groups in total. The molecule has 6 heteroatoms. The maximum atomic E-state index is 11.5. The fourth-order valence-corrected chi connectivity index (χ4v) is 1.50. The van der Waals surface area contributed by atoms with E-state index in [0.29, 0.717) is 6.54 Å². The second kappa shape index (κ2) is 6.67. The molecule has 1 heterocycles. The lowest BCUT2D eigenvalue weighted by atomic mass is 10.2. The Morgan fingerprint density at radius 2 is 2.24 bits per heavy atom. The van der Waals surface area contributed by atoms with E-state index in [1.807, 2.05) is 0 Å². The normalized spacial score (nSPS) is 10.2. The summed E-state index contributed by atoms with van der Waals surface area (Å²) in [6.07, 6.45) is 6.01. The Morgan fingerprint density at radius 3 is 2.82 bits per heavy atom. The molecule has 0 saturated heterocycles. The number of primary amides is 1. The number of aromatic nitrogens is 2. The molecule has 0 saturated carbocycles. The highest BCUT2D eigenvalue weighted by atomic mass is 16.2. The van der Waals surface area contributed by atoms with Crippen LogP contribution in [-0.2, 0) is 6.54 Å². The Bertz CT molecular complexity index is 428. The predicted molar refractivity (Wildman–Crippen MR) is 65.8 cm³/mol. The molecule has 1 aromatic rings. The third kappa shape index (κ3) is 4.67. The van der Waals surface area contributed by atoms with E-state index in [0.717, 1.165) is 19.3 Å². The van der Waals surface area contributed by atoms with E-state index in [2.05, 4.69) is 17.2 Å². The molecular formula is C11H18N4O2. The number of hydrogen-bond donors (Lipinski definition) is 2. The van der Waals surface area contributed by atoms with Crippen molar-refractivity contribution in [3.63, 3.8) is 0 Å². The number of aryl methyl sites for hydroxylation is 1. The largest absolute Gasteiger partial charge is 0.351 e. The van der Waals surface area contributed by atoms with Gasteiger partial charge in [-0.1, -0.05) is 26.2 Å². The van der Waals surface area contributed by atoms with Crippen LogP contribution >= 0.6 is 0 Å². The van der Waals surface area contributed by atoms with Crippen LogP contribution in [0.1, 0.15) is 32.6 Å². The van der Waals surface area contributed by atoms with E-state index >= 15 is 0 Å². The minimum Gasteiger partial charge on any atom is -0.351 e. The van der Waals surface area contributed by atoms with E-state index < -0.39 is 6.03 Å². The number of carbonyl (C=O) groups excluding carboxylic acids is 1. The van der Waals surface area contributed by atoms with Crippen molar-refractivity contribution in [1.29, 1.82) is 0 Å². The Morgan fingerprint density at radius 1 is 1.47 bits per heavy atom. The van der Waals surface area contributed by atoms with Gasteiger partial charge in [0, 0.05) is 12.7 Å². The number of anilines is 1. The molecule has 1 rings (SSSR count). The summed E-state index contributed by atoms with van der Waals surface area (Å²) in [5, 5.41) is 2.26. The van der Waals surface area contributed by atoms with Crippen molar-refractivity contribution in [3.05, 3.63) is 22.7 Å². The lowest BCUT2D eigenvalue weighted by Gasteiger charge is -2.05. The van der Waals surface area contributed by atoms with Gasteiger partial charge in [0.05, 0.1) is 0 Å². The van der Waals surface area contributed by atoms with Gasteiger partial charge in [-0.2, -0.15) is 4.98 Å². The standard InChI is InChI=1S/C11H18N4O2/c1-2-3-4-5-7-15-8-6-9(13-10(12)16)14-11(15)17/h6,8H,2-5,7H2,1H3,(H3,12,13,14,16,17). The average molecular weight is 238 g/mol. The molecule has 0 radical (unpaired) electrons. The van der Waals surface area contributed by atoms with Gasteiger partial charge >= 0.3 is 11.7 Å². The lowest BCUT2D eigenvalue weighted by Crippen LogP contribution is -2.26. The monoisotopic (exact) mass is 238 g/mol. The number of nitrogens with two attached hydrogens (primary N) is 1. The van der Waals surface area contributed by atoms with E-state index in [1.165, 1.54) is 11.0 Å². The zero-order chi connectivity index (χ0) is 12.7. The Kier molecular flexibility index (Phi) is 5.19. The van der Waals surface area contributed by atoms with Crippen molar-refractivity contribution in [2.45, 2.75) is 39.2 Å². The molecule has 0 spiro atoms. The van der Waals surface area contributed by atoms with Crippen molar-refractivity contribution < 1.29 is 4.79 Å². The van der Waals surface area contributed by atoms with E-state index in [4.69, 9.17) is 5.73 Å². The molecule has 0 bridgehead atoms. The van der Waals surface area contributed by atoms with Gasteiger partial charge in [0.25, 0.3) is 0 Å². The van der Waals surface area contributed by atoms with Gasteiger partial charge in [-0.3, -0.25) is 9.88 Å². The first kappa shape index (κ1) is 13.2. The number of nitrogens with one attached hydrogen (secondary N) is 1. The second-order valence-corrected chi connectivity index (χ2v) is 3.84. The molecule has 0 fully saturated rings. The fraction of sp³-hybridized carbons (Fsp3) is 0.545. The van der Waals surface area contributed by atoms with E-state index in [9.17, 15) is 9.59 Å². The van der Waals surface area contributed by atoms with Crippen LogP contribution in [0.3, 0.4) is 0 Å². The van der Waals surface area contributed by atoms with Crippen LogP contribution in [0.25, 0.3) is 0 Å². The second-order valence-electron chi connectivity index (χ2n) is 3.84. The lowest BCUT2D eigenvalue weighted by molar-refractivity contribution is 0.259. The van der Waals surface area contributed by atoms with Gasteiger partial charge in [-0.05, 0) is 12.5 Å². The van der Waals surface area contributed by atoms with Crippen LogP contribution < -0.4 is 16.7 Å². The minimum absolute atomic E-state index is 0.187. The number of rotatable bonds is 6. The summed E-state index contributed by atoms with van der Waals surface area (Å²) in [7, 11) is 0. The number of nitrogens with zero attached hydrogens (tertiary/aromatic N) is 2. The van der Waals surface area contributed by atoms with Crippen LogP contribution in [0.2, 0.25) is 0 Å². The summed E-state index contributed by atoms with van der Waals surface area (Å²) >= 11 is 0. The van der Waals surface area contributed by atoms with Gasteiger partial charge in [-0.25, -0.2) is 9.59 Å². The summed E-state index contributed by atoms with van der Waals surface area (Å²) in [4.78, 5) is 25.8. The number of carbonyl (C=O) groups is 1. The molecule has 1 aromatic heterocycles. The molecule has 94 valence electrons. The molecular weight excluding hydrogens is 220 g/mol. The number of unbranched alkanes of at least 4 members (excludes halogenated alkanes) is 3. The zero-order valence-electron chi connectivity index (χ0n) is 9.98. The van der Waals surface area contributed by atoms with Crippen LogP contribution in [-0.4, -0.2) is 15.6 Å². The highest BCUT2D eigenvalue weighted by Crippen LogP contribution is 2.01. The van der Waals surface area contributed by atoms with Crippen LogP contribution in [0.4, 0.5) is 10.6 Å². The van der Waals surface area contributed by atoms with Gasteiger partial charge in [0.2, 0.25) is 0 Å². The maximum Gasteiger partial charge on any atom is 0.349 e. The third-order valence-electron chi connectivity index (χ3n) is 2.38. The number of amides is 2. The highest BCUT2D eigenvalue weighted by Gasteiger charge is 2.01. The summed E-state index contributed by atoms with van der Waals surface area (Å²) in [6, 6.07) is 0.837. The topological polar surface area (TPSA) is 90.0 Å². The van der Waals surface area contributed by atoms with E-state index in [1.54, 1.807) is 12.3 Å². The molecule has 0 unspecified atom stereocenters. The van der Waals surface area contributed by atoms with Gasteiger partial charge in [0.15, 0.2) is 0 Å². The summed E-state index contributed by atoms with van der Waals surface area (Å²) < 4.78 is 1.53. The minimum atomic E-state index is -0.724. The average Bonchev–Trinajstić information content (AvgIpc) is 2.26. The molecule has 0 aliphatic rings. The van der Waals surface area contributed by atoms with Crippen molar-refractivity contribution in [3.8, 4) is 0 Å². The zero-order valence-corrected chi connectivity index (χ0v) is 9.98. The maximum absolute atomic E-state index is 11.5. The molecule has 6 nitrogen and oxygen atoms in total. The van der Waals surface area contributed by atoms with Gasteiger partial charge in [-0.15, -0.1) is 0 Å². The summed E-state index contributed by atoms with van der Waals surface area (Å²) in [6.45, 7) is 2.79. The number of hydrogen-bond acceptors (Lipinski definition) is 3. The third-order valence-corrected chi connectivity index (χ3v) is 2.38. The van der Waals surface area contributed by atoms with Crippen molar-refractivity contribution in [1.82, 2.24) is 9.55 Å². The van der Waals surface area contributed by atoms with Crippen LogP contribution in [0.15, 0.2) is 17.1 Å². The Labute approximate surface area is 99.8 Å². The SMILES string of the molecule is CCCCCCn1ccc(NC(N)=O)nc1=O. The predicted octanol–water partition coefficient (Wildman–Crippen LogP) is 1.31. The Balaban J connectivity index is 2.57. The molecule has 0 aliphatic heterocycles. The summed E-state index contributed by atoms with van der Waals surface area (Å²) in [5.74, 6) is 0.187. The van der Waals surface area contributed by atoms with Crippen LogP contribution in [0.5, 0.6) is 0 Å². The molecule has 2 amide bonds. The molecule has 0 aliphatic carbocycles. The quantitative estimate of drug-likeness (QED) is 0.732. The van der Waals surface area contributed by atoms with Crippen molar-refractivity contribution in [2.24, 2.45) is 5.73 Å². The highest BCUT2D eigenvalue weighted by molar-refractivity contribution is 5.86. The smallest absolute Gasteiger partial charge is 0.349 e. The van der Waals surface area contributed by atoms with E-state index in [-0.39, 0.29) is 11.5 Å². The first-order chi connectivity index (χ1) is 8.13. The molecule has 0 atom stereocenters. The van der Waals surface area contributed by atoms with Crippen LogP contribution in [0, 0.1) is 0 Å². The Hall–Kier alpha value is -1.85. The molecule has 17 heavy (non-hydrogen) atoms. The fourth-order valence-electron chi connectivity index (χ4n) is 1.50. The van der Waals surface area contributed by atoms with Gasteiger partial charge < -0.3 is 5.73 Å². The number of urea groups is 1.